The highest BCUT2D eigenvalue weighted by Crippen LogP contribution is 2.39. The van der Waals surface area contributed by atoms with E-state index >= 15 is 0 Å². The SMILES string of the molecule is Cc1cc(C(F)(F)F)cc(O)c1-c1cc2c(C)cn([C@@H]3CCCN(C)C3)c2nn1. The Hall–Kier alpha value is -2.61. The highest BCUT2D eigenvalue weighted by Gasteiger charge is 2.32. The number of hydrogen-bond donors (Lipinski definition) is 1. The van der Waals surface area contributed by atoms with Crippen LogP contribution < -0.4 is 0 Å². The van der Waals surface area contributed by atoms with Crippen LogP contribution in [0.15, 0.2) is 24.4 Å². The molecule has 29 heavy (non-hydrogen) atoms. The maximum Gasteiger partial charge on any atom is 0.416 e. The van der Waals surface area contributed by atoms with Gasteiger partial charge in [-0.2, -0.15) is 13.2 Å². The first-order valence-corrected chi connectivity index (χ1v) is 9.59. The van der Waals surface area contributed by atoms with E-state index < -0.39 is 17.5 Å². The molecule has 5 nitrogen and oxygen atoms in total. The van der Waals surface area contributed by atoms with Gasteiger partial charge in [-0.1, -0.05) is 0 Å². The van der Waals surface area contributed by atoms with Crippen molar-refractivity contribution >= 4 is 11.0 Å². The maximum absolute atomic E-state index is 13.0. The van der Waals surface area contributed by atoms with Crippen LogP contribution in [-0.2, 0) is 6.18 Å². The molecule has 1 aliphatic heterocycles. The average Bonchev–Trinajstić information content (AvgIpc) is 2.97. The number of likely N-dealkylation sites (N-methyl/N-ethyl adjacent to an activating group) is 1. The number of nitrogens with zero attached hydrogens (tertiary/aromatic N) is 4. The summed E-state index contributed by atoms with van der Waals surface area (Å²) in [6.45, 7) is 5.53. The number of rotatable bonds is 2. The molecule has 0 radical (unpaired) electrons. The van der Waals surface area contributed by atoms with Gasteiger partial charge in [-0.05, 0) is 69.6 Å². The third-order valence-electron chi connectivity index (χ3n) is 5.67. The molecule has 0 aliphatic carbocycles. The standard InChI is InChI=1S/C21H23F3N4O/c1-12-7-14(21(22,23)24)8-18(29)19(12)17-9-16-13(2)10-28(20(16)26-25-17)15-5-4-6-27(3)11-15/h7-10,15,29H,4-6,11H2,1-3H3/t15-/m1/s1. The van der Waals surface area contributed by atoms with E-state index in [4.69, 9.17) is 0 Å². The Kier molecular flexibility index (Phi) is 4.77. The van der Waals surface area contributed by atoms with Gasteiger partial charge in [-0.3, -0.25) is 0 Å². The molecule has 1 aromatic carbocycles. The number of aromatic hydroxyl groups is 1. The fraction of sp³-hybridized carbons (Fsp3) is 0.429. The first kappa shape index (κ1) is 19.7. The lowest BCUT2D eigenvalue weighted by Gasteiger charge is -2.30. The van der Waals surface area contributed by atoms with Gasteiger partial charge in [-0.25, -0.2) is 0 Å². The molecular weight excluding hydrogens is 381 g/mol. The number of hydrogen-bond acceptors (Lipinski definition) is 4. The normalized spacial score (nSPS) is 18.5. The van der Waals surface area contributed by atoms with Crippen LogP contribution in [0.4, 0.5) is 13.2 Å². The van der Waals surface area contributed by atoms with E-state index in [2.05, 4.69) is 32.9 Å². The highest BCUT2D eigenvalue weighted by molar-refractivity contribution is 5.85. The fourth-order valence-corrected chi connectivity index (χ4v) is 4.24. The van der Waals surface area contributed by atoms with Crippen molar-refractivity contribution in [3.05, 3.63) is 41.1 Å². The van der Waals surface area contributed by atoms with Gasteiger partial charge < -0.3 is 14.6 Å². The van der Waals surface area contributed by atoms with Gasteiger partial charge in [0.2, 0.25) is 0 Å². The van der Waals surface area contributed by atoms with Crippen LogP contribution in [0, 0.1) is 13.8 Å². The van der Waals surface area contributed by atoms with Crippen LogP contribution in [0.3, 0.4) is 0 Å². The zero-order valence-electron chi connectivity index (χ0n) is 16.6. The molecule has 1 atom stereocenters. The molecule has 154 valence electrons. The van der Waals surface area contributed by atoms with E-state index in [0.717, 1.165) is 54.7 Å². The summed E-state index contributed by atoms with van der Waals surface area (Å²) in [6, 6.07) is 3.88. The van der Waals surface area contributed by atoms with Gasteiger partial charge in [0.15, 0.2) is 5.65 Å². The second kappa shape index (κ2) is 7.02. The van der Waals surface area contributed by atoms with E-state index in [0.29, 0.717) is 17.3 Å². The molecule has 1 N–H and O–H groups in total. The zero-order valence-corrected chi connectivity index (χ0v) is 16.6. The topological polar surface area (TPSA) is 54.2 Å². The van der Waals surface area contributed by atoms with Crippen molar-refractivity contribution in [3.63, 3.8) is 0 Å². The summed E-state index contributed by atoms with van der Waals surface area (Å²) in [5, 5.41) is 19.8. The highest BCUT2D eigenvalue weighted by atomic mass is 19.4. The molecule has 0 saturated carbocycles. The van der Waals surface area contributed by atoms with Crippen LogP contribution in [0.25, 0.3) is 22.3 Å². The summed E-state index contributed by atoms with van der Waals surface area (Å²) < 4.78 is 41.2. The van der Waals surface area contributed by atoms with Crippen molar-refractivity contribution in [1.82, 2.24) is 19.7 Å². The lowest BCUT2D eigenvalue weighted by atomic mass is 10.00. The molecule has 0 unspecified atom stereocenters. The Morgan fingerprint density at radius 3 is 2.52 bits per heavy atom. The van der Waals surface area contributed by atoms with Crippen molar-refractivity contribution in [2.45, 2.75) is 38.9 Å². The number of aromatic nitrogens is 3. The predicted octanol–water partition coefficient (Wildman–Crippen LogP) is 4.71. The molecule has 3 heterocycles. The van der Waals surface area contributed by atoms with Gasteiger partial charge in [0, 0.05) is 29.7 Å². The molecule has 1 fully saturated rings. The fourth-order valence-electron chi connectivity index (χ4n) is 4.24. The van der Waals surface area contributed by atoms with E-state index in [1.54, 1.807) is 6.07 Å². The molecule has 2 aromatic heterocycles. The van der Waals surface area contributed by atoms with Gasteiger partial charge in [0.05, 0.1) is 11.3 Å². The van der Waals surface area contributed by atoms with E-state index in [-0.39, 0.29) is 5.56 Å². The summed E-state index contributed by atoms with van der Waals surface area (Å²) in [4.78, 5) is 2.29. The van der Waals surface area contributed by atoms with Crippen molar-refractivity contribution in [3.8, 4) is 17.0 Å². The summed E-state index contributed by atoms with van der Waals surface area (Å²) >= 11 is 0. The number of piperidine rings is 1. The molecule has 1 aliphatic rings. The minimum absolute atomic E-state index is 0.275. The molecule has 1 saturated heterocycles. The van der Waals surface area contributed by atoms with Crippen molar-refractivity contribution in [2.24, 2.45) is 0 Å². The van der Waals surface area contributed by atoms with Crippen LogP contribution in [0.5, 0.6) is 5.75 Å². The monoisotopic (exact) mass is 404 g/mol. The first-order valence-electron chi connectivity index (χ1n) is 9.59. The van der Waals surface area contributed by atoms with Crippen molar-refractivity contribution in [2.75, 3.05) is 20.1 Å². The first-order chi connectivity index (χ1) is 13.6. The Morgan fingerprint density at radius 1 is 1.10 bits per heavy atom. The maximum atomic E-state index is 13.0. The number of benzene rings is 1. The van der Waals surface area contributed by atoms with Crippen LogP contribution in [0.1, 0.15) is 35.6 Å². The van der Waals surface area contributed by atoms with E-state index in [1.807, 2.05) is 6.92 Å². The predicted molar refractivity (Wildman–Crippen MR) is 105 cm³/mol. The average molecular weight is 404 g/mol. The van der Waals surface area contributed by atoms with Crippen molar-refractivity contribution < 1.29 is 18.3 Å². The second-order valence-corrected chi connectivity index (χ2v) is 7.93. The largest absolute Gasteiger partial charge is 0.507 e. The minimum Gasteiger partial charge on any atom is -0.507 e. The Labute approximate surface area is 166 Å². The number of phenols is 1. The summed E-state index contributed by atoms with van der Waals surface area (Å²) in [6.07, 6.45) is -0.274. The Morgan fingerprint density at radius 2 is 1.86 bits per heavy atom. The molecule has 4 rings (SSSR count). The van der Waals surface area contributed by atoms with Gasteiger partial charge in [0.25, 0.3) is 0 Å². The zero-order chi connectivity index (χ0) is 20.9. The molecular formula is C21H23F3N4O. The van der Waals surface area contributed by atoms with Crippen LogP contribution in [-0.4, -0.2) is 44.9 Å². The number of fused-ring (bicyclic) bond motifs is 1. The lowest BCUT2D eigenvalue weighted by Crippen LogP contribution is -2.33. The number of phenolic OH excluding ortho intramolecular Hbond substituents is 1. The molecule has 8 heteroatoms. The quantitative estimate of drug-likeness (QED) is 0.672. The number of alkyl halides is 3. The third kappa shape index (κ3) is 3.57. The second-order valence-electron chi connectivity index (χ2n) is 7.93. The minimum atomic E-state index is -4.52. The van der Waals surface area contributed by atoms with Gasteiger partial charge in [0.1, 0.15) is 5.75 Å². The molecule has 3 aromatic rings. The van der Waals surface area contributed by atoms with Crippen LogP contribution in [0.2, 0.25) is 0 Å². The summed E-state index contributed by atoms with van der Waals surface area (Å²) in [5.74, 6) is -0.447. The molecule has 0 amide bonds. The van der Waals surface area contributed by atoms with E-state index in [1.165, 1.54) is 6.92 Å². The third-order valence-corrected chi connectivity index (χ3v) is 5.67. The smallest absolute Gasteiger partial charge is 0.416 e. The van der Waals surface area contributed by atoms with Crippen molar-refractivity contribution in [1.29, 1.82) is 0 Å². The van der Waals surface area contributed by atoms with Gasteiger partial charge >= 0.3 is 6.18 Å². The summed E-state index contributed by atoms with van der Waals surface area (Å²) in [5.41, 5.74) is 1.84. The van der Waals surface area contributed by atoms with E-state index in [9.17, 15) is 18.3 Å². The number of aryl methyl sites for hydroxylation is 2. The number of halogens is 3. The lowest BCUT2D eigenvalue weighted by molar-refractivity contribution is -0.137. The molecule has 0 spiro atoms. The molecule has 0 bridgehead atoms. The Bertz CT molecular complexity index is 1050. The number of likely N-dealkylation sites (tertiary alicyclic amines) is 1. The Balaban J connectivity index is 1.78. The summed E-state index contributed by atoms with van der Waals surface area (Å²) in [7, 11) is 2.10. The van der Waals surface area contributed by atoms with Gasteiger partial charge in [-0.15, -0.1) is 10.2 Å². The van der Waals surface area contributed by atoms with Crippen LogP contribution >= 0.6 is 0 Å².